The number of nitrogens with zero attached hydrogens (tertiary/aromatic N) is 1. The first-order valence-electron chi connectivity index (χ1n) is 3.82. The summed E-state index contributed by atoms with van der Waals surface area (Å²) in [7, 11) is 2.09. The lowest BCUT2D eigenvalue weighted by atomic mass is 10.1. The van der Waals surface area contributed by atoms with Gasteiger partial charge in [-0.1, -0.05) is 24.3 Å². The maximum atomic E-state index is 2.18. The number of hydrogen-bond acceptors (Lipinski definition) is 1. The van der Waals surface area contributed by atoms with Gasteiger partial charge in [0.1, 0.15) is 0 Å². The zero-order valence-electron chi connectivity index (χ0n) is 6.62. The lowest BCUT2D eigenvalue weighted by Gasteiger charge is -2.20. The molecule has 0 N–H and O–H groups in total. The van der Waals surface area contributed by atoms with Crippen LogP contribution in [0.1, 0.15) is 11.1 Å². The fraction of sp³-hybridized carbons (Fsp3) is 0.200. The Balaban J connectivity index is 2.46. The van der Waals surface area contributed by atoms with Gasteiger partial charge in [0, 0.05) is 13.6 Å². The van der Waals surface area contributed by atoms with Crippen LogP contribution >= 0.6 is 0 Å². The summed E-state index contributed by atoms with van der Waals surface area (Å²) in [5, 5.41) is 0. The quantitative estimate of drug-likeness (QED) is 0.540. The molecular weight excluding hydrogens is 134 g/mol. The third-order valence-corrected chi connectivity index (χ3v) is 1.98. The average Bonchev–Trinajstić information content (AvgIpc) is 2.04. The minimum Gasteiger partial charge on any atom is -0.376 e. The summed E-state index contributed by atoms with van der Waals surface area (Å²) >= 11 is 0. The maximum absolute atomic E-state index is 2.18. The predicted octanol–water partition coefficient (Wildman–Crippen LogP) is 2.10. The van der Waals surface area contributed by atoms with Crippen molar-refractivity contribution in [2.24, 2.45) is 0 Å². The van der Waals surface area contributed by atoms with Crippen LogP contribution in [0.2, 0.25) is 0 Å². The van der Waals surface area contributed by atoms with Crippen LogP contribution in [0.5, 0.6) is 0 Å². The van der Waals surface area contributed by atoms with Gasteiger partial charge in [-0.25, -0.2) is 0 Å². The van der Waals surface area contributed by atoms with Crippen LogP contribution in [-0.4, -0.2) is 11.9 Å². The molecule has 1 nitrogen and oxygen atoms in total. The Morgan fingerprint density at radius 1 is 1.27 bits per heavy atom. The van der Waals surface area contributed by atoms with Crippen molar-refractivity contribution in [2.45, 2.75) is 6.54 Å². The molecule has 2 rings (SSSR count). The van der Waals surface area contributed by atoms with Crippen LogP contribution < -0.4 is 0 Å². The van der Waals surface area contributed by atoms with Crippen molar-refractivity contribution in [3.05, 3.63) is 41.6 Å². The second-order valence-corrected chi connectivity index (χ2v) is 2.93. The largest absolute Gasteiger partial charge is 0.376 e. The van der Waals surface area contributed by atoms with Crippen LogP contribution in [0.4, 0.5) is 0 Å². The molecule has 0 aromatic heterocycles. The van der Waals surface area contributed by atoms with E-state index in [1.807, 2.05) is 0 Å². The van der Waals surface area contributed by atoms with Gasteiger partial charge in [-0.05, 0) is 23.4 Å². The fourth-order valence-corrected chi connectivity index (χ4v) is 1.37. The highest BCUT2D eigenvalue weighted by Gasteiger charge is 2.04. The molecule has 0 fully saturated rings. The van der Waals surface area contributed by atoms with Crippen molar-refractivity contribution in [2.75, 3.05) is 7.05 Å². The first-order valence-corrected chi connectivity index (χ1v) is 3.82. The van der Waals surface area contributed by atoms with E-state index in [1.54, 1.807) is 0 Å². The van der Waals surface area contributed by atoms with Crippen molar-refractivity contribution in [3.8, 4) is 0 Å². The van der Waals surface area contributed by atoms with Crippen molar-refractivity contribution < 1.29 is 0 Å². The zero-order valence-corrected chi connectivity index (χ0v) is 6.62. The average molecular weight is 145 g/mol. The molecule has 0 saturated carbocycles. The molecule has 0 spiro atoms. The molecule has 1 aliphatic heterocycles. The van der Waals surface area contributed by atoms with E-state index in [9.17, 15) is 0 Å². The highest BCUT2D eigenvalue weighted by molar-refractivity contribution is 5.55. The summed E-state index contributed by atoms with van der Waals surface area (Å²) in [6, 6.07) is 8.49. The van der Waals surface area contributed by atoms with Crippen molar-refractivity contribution >= 4 is 6.08 Å². The molecule has 0 saturated heterocycles. The van der Waals surface area contributed by atoms with E-state index in [0.717, 1.165) is 6.54 Å². The van der Waals surface area contributed by atoms with Gasteiger partial charge < -0.3 is 4.90 Å². The van der Waals surface area contributed by atoms with Crippen molar-refractivity contribution in [1.29, 1.82) is 0 Å². The lowest BCUT2D eigenvalue weighted by Crippen LogP contribution is -2.13. The van der Waals surface area contributed by atoms with E-state index >= 15 is 0 Å². The topological polar surface area (TPSA) is 3.24 Å². The normalized spacial score (nSPS) is 14.8. The van der Waals surface area contributed by atoms with E-state index < -0.39 is 0 Å². The van der Waals surface area contributed by atoms with Gasteiger partial charge >= 0.3 is 0 Å². The van der Waals surface area contributed by atoms with Gasteiger partial charge in [-0.15, -0.1) is 0 Å². The zero-order chi connectivity index (χ0) is 7.68. The molecule has 0 bridgehead atoms. The third kappa shape index (κ3) is 1.14. The Labute approximate surface area is 67.0 Å². The summed E-state index contributed by atoms with van der Waals surface area (Å²) in [5.74, 6) is 0. The predicted molar refractivity (Wildman–Crippen MR) is 46.9 cm³/mol. The SMILES string of the molecule is CN1C=Cc2ccccc2C1. The summed E-state index contributed by atoms with van der Waals surface area (Å²) in [5.41, 5.74) is 2.77. The minimum absolute atomic E-state index is 1.03. The van der Waals surface area contributed by atoms with Crippen LogP contribution in [0.3, 0.4) is 0 Å². The summed E-state index contributed by atoms with van der Waals surface area (Å²) in [4.78, 5) is 2.18. The van der Waals surface area contributed by atoms with Gasteiger partial charge in [0.15, 0.2) is 0 Å². The first kappa shape index (κ1) is 6.47. The van der Waals surface area contributed by atoms with Gasteiger partial charge in [0.05, 0.1) is 0 Å². The van der Waals surface area contributed by atoms with Crippen LogP contribution in [0.15, 0.2) is 30.5 Å². The molecule has 1 heterocycles. The summed E-state index contributed by atoms with van der Waals surface area (Å²) in [6.45, 7) is 1.03. The molecule has 1 aliphatic rings. The number of rotatable bonds is 0. The number of fused-ring (bicyclic) bond motifs is 1. The molecule has 0 radical (unpaired) electrons. The van der Waals surface area contributed by atoms with E-state index in [1.165, 1.54) is 11.1 Å². The third-order valence-electron chi connectivity index (χ3n) is 1.98. The van der Waals surface area contributed by atoms with E-state index in [-0.39, 0.29) is 0 Å². The molecule has 0 unspecified atom stereocenters. The Kier molecular flexibility index (Phi) is 1.42. The Morgan fingerprint density at radius 2 is 2.09 bits per heavy atom. The van der Waals surface area contributed by atoms with Gasteiger partial charge in [0.2, 0.25) is 0 Å². The molecule has 0 aliphatic carbocycles. The van der Waals surface area contributed by atoms with E-state index in [2.05, 4.69) is 48.5 Å². The molecule has 11 heavy (non-hydrogen) atoms. The van der Waals surface area contributed by atoms with Crippen LogP contribution in [0, 0.1) is 0 Å². The Hall–Kier alpha value is -1.24. The summed E-state index contributed by atoms with van der Waals surface area (Å²) in [6.07, 6.45) is 4.27. The fourth-order valence-electron chi connectivity index (χ4n) is 1.37. The lowest BCUT2D eigenvalue weighted by molar-refractivity contribution is 0.448. The number of benzene rings is 1. The van der Waals surface area contributed by atoms with Crippen molar-refractivity contribution in [3.63, 3.8) is 0 Å². The molecule has 56 valence electrons. The molecule has 1 aromatic rings. The Morgan fingerprint density at radius 3 is 3.00 bits per heavy atom. The number of hydrogen-bond donors (Lipinski definition) is 0. The highest BCUT2D eigenvalue weighted by Crippen LogP contribution is 2.17. The minimum atomic E-state index is 1.03. The summed E-state index contributed by atoms with van der Waals surface area (Å²) < 4.78 is 0. The van der Waals surface area contributed by atoms with Crippen LogP contribution in [0.25, 0.3) is 6.08 Å². The van der Waals surface area contributed by atoms with Crippen molar-refractivity contribution in [1.82, 2.24) is 4.90 Å². The smallest absolute Gasteiger partial charge is 0.0426 e. The molecular formula is C10H11N. The highest BCUT2D eigenvalue weighted by atomic mass is 15.1. The maximum Gasteiger partial charge on any atom is 0.0426 e. The van der Waals surface area contributed by atoms with E-state index in [4.69, 9.17) is 0 Å². The standard InChI is InChI=1S/C10H11N/c1-11-7-6-9-4-2-3-5-10(9)8-11/h2-7H,8H2,1H3. The molecule has 0 amide bonds. The molecule has 1 aromatic carbocycles. The van der Waals surface area contributed by atoms with E-state index in [0.29, 0.717) is 0 Å². The first-order chi connectivity index (χ1) is 5.36. The van der Waals surface area contributed by atoms with Gasteiger partial charge in [-0.3, -0.25) is 0 Å². The molecule has 1 heteroatoms. The second-order valence-electron chi connectivity index (χ2n) is 2.93. The van der Waals surface area contributed by atoms with Gasteiger partial charge in [0.25, 0.3) is 0 Å². The van der Waals surface area contributed by atoms with Crippen LogP contribution in [-0.2, 0) is 6.54 Å². The monoisotopic (exact) mass is 145 g/mol. The van der Waals surface area contributed by atoms with Gasteiger partial charge in [-0.2, -0.15) is 0 Å². The second kappa shape index (κ2) is 2.42. The Bertz CT molecular complexity index is 289. The molecule has 0 atom stereocenters.